The smallest absolute Gasteiger partial charge is 0.255 e. The van der Waals surface area contributed by atoms with Crippen LogP contribution in [0.25, 0.3) is 0 Å². The number of amides is 1. The lowest BCUT2D eigenvalue weighted by molar-refractivity contribution is 0.0761. The molecule has 1 fully saturated rings. The summed E-state index contributed by atoms with van der Waals surface area (Å²) in [6.07, 6.45) is 0.914. The molecule has 5 heteroatoms. The quantitative estimate of drug-likeness (QED) is 0.843. The third-order valence-electron chi connectivity index (χ3n) is 4.29. The summed E-state index contributed by atoms with van der Waals surface area (Å²) in [6, 6.07) is 14.3. The first kappa shape index (κ1) is 16.9. The van der Waals surface area contributed by atoms with Crippen LogP contribution in [0, 0.1) is 5.82 Å². The van der Waals surface area contributed by atoms with E-state index in [1.54, 1.807) is 0 Å². The maximum absolute atomic E-state index is 13.2. The maximum atomic E-state index is 13.2. The standard InChI is InChI=1S/C19H20ClFN2O/c20-18-13-16(21)7-8-17(18)19(24)23-10-4-9-22(11-12-23)14-15-5-2-1-3-6-15/h1-3,5-8,13H,4,9-12,14H2. The van der Waals surface area contributed by atoms with Crippen molar-refractivity contribution < 1.29 is 9.18 Å². The minimum Gasteiger partial charge on any atom is -0.337 e. The van der Waals surface area contributed by atoms with Crippen LogP contribution in [-0.4, -0.2) is 41.9 Å². The van der Waals surface area contributed by atoms with Gasteiger partial charge in [-0.2, -0.15) is 0 Å². The van der Waals surface area contributed by atoms with Crippen LogP contribution in [0.2, 0.25) is 5.02 Å². The summed E-state index contributed by atoms with van der Waals surface area (Å²) >= 11 is 6.02. The highest BCUT2D eigenvalue weighted by atomic mass is 35.5. The van der Waals surface area contributed by atoms with E-state index in [4.69, 9.17) is 11.6 Å². The van der Waals surface area contributed by atoms with Crippen molar-refractivity contribution >= 4 is 17.5 Å². The maximum Gasteiger partial charge on any atom is 0.255 e. The average molecular weight is 347 g/mol. The zero-order chi connectivity index (χ0) is 16.9. The summed E-state index contributed by atoms with van der Waals surface area (Å²) in [4.78, 5) is 16.8. The zero-order valence-electron chi connectivity index (χ0n) is 13.4. The van der Waals surface area contributed by atoms with E-state index in [-0.39, 0.29) is 10.9 Å². The van der Waals surface area contributed by atoms with E-state index in [2.05, 4.69) is 17.0 Å². The molecule has 0 aliphatic carbocycles. The Morgan fingerprint density at radius 3 is 2.58 bits per heavy atom. The van der Waals surface area contributed by atoms with Gasteiger partial charge in [-0.1, -0.05) is 41.9 Å². The number of benzene rings is 2. The first-order valence-electron chi connectivity index (χ1n) is 8.14. The molecule has 0 bridgehead atoms. The van der Waals surface area contributed by atoms with Gasteiger partial charge in [0.1, 0.15) is 5.82 Å². The second-order valence-corrected chi connectivity index (χ2v) is 6.44. The molecule has 1 aliphatic heterocycles. The highest BCUT2D eigenvalue weighted by Gasteiger charge is 2.22. The van der Waals surface area contributed by atoms with Gasteiger partial charge in [0.05, 0.1) is 10.6 Å². The predicted octanol–water partition coefficient (Wildman–Crippen LogP) is 3.83. The number of carbonyl (C=O) groups excluding carboxylic acids is 1. The molecule has 24 heavy (non-hydrogen) atoms. The number of nitrogens with zero attached hydrogens (tertiary/aromatic N) is 2. The van der Waals surface area contributed by atoms with E-state index < -0.39 is 5.82 Å². The van der Waals surface area contributed by atoms with Crippen LogP contribution in [0.1, 0.15) is 22.3 Å². The fraction of sp³-hybridized carbons (Fsp3) is 0.316. The Hall–Kier alpha value is -1.91. The topological polar surface area (TPSA) is 23.6 Å². The second-order valence-electron chi connectivity index (χ2n) is 6.03. The molecule has 2 aromatic rings. The first-order chi connectivity index (χ1) is 11.6. The Bertz CT molecular complexity index is 708. The van der Waals surface area contributed by atoms with Gasteiger partial charge in [-0.15, -0.1) is 0 Å². The highest BCUT2D eigenvalue weighted by Crippen LogP contribution is 2.20. The summed E-state index contributed by atoms with van der Waals surface area (Å²) < 4.78 is 13.2. The molecule has 0 saturated carbocycles. The van der Waals surface area contributed by atoms with Gasteiger partial charge in [0, 0.05) is 32.7 Å². The monoisotopic (exact) mass is 346 g/mol. The molecule has 1 amide bonds. The number of carbonyl (C=O) groups is 1. The number of hydrogen-bond donors (Lipinski definition) is 0. The molecule has 3 rings (SSSR count). The summed E-state index contributed by atoms with van der Waals surface area (Å²) in [5.41, 5.74) is 1.65. The normalized spacial score (nSPS) is 16.0. The summed E-state index contributed by atoms with van der Waals surface area (Å²) in [7, 11) is 0. The van der Waals surface area contributed by atoms with Gasteiger partial charge in [0.2, 0.25) is 0 Å². The molecule has 3 nitrogen and oxygen atoms in total. The Morgan fingerprint density at radius 2 is 1.83 bits per heavy atom. The summed E-state index contributed by atoms with van der Waals surface area (Å²) in [6.45, 7) is 4.01. The van der Waals surface area contributed by atoms with Crippen LogP contribution < -0.4 is 0 Å². The molecular weight excluding hydrogens is 327 g/mol. The predicted molar refractivity (Wildman–Crippen MR) is 93.6 cm³/mol. The van der Waals surface area contributed by atoms with E-state index in [1.807, 2.05) is 23.1 Å². The number of hydrogen-bond acceptors (Lipinski definition) is 2. The zero-order valence-corrected chi connectivity index (χ0v) is 14.2. The Labute approximate surface area is 146 Å². The molecule has 1 saturated heterocycles. The van der Waals surface area contributed by atoms with Crippen LogP contribution in [0.5, 0.6) is 0 Å². The van der Waals surface area contributed by atoms with Crippen LogP contribution in [0.4, 0.5) is 4.39 Å². The third kappa shape index (κ3) is 4.13. The van der Waals surface area contributed by atoms with Gasteiger partial charge in [-0.05, 0) is 30.2 Å². The van der Waals surface area contributed by atoms with Gasteiger partial charge < -0.3 is 4.90 Å². The van der Waals surface area contributed by atoms with E-state index in [0.29, 0.717) is 18.7 Å². The third-order valence-corrected chi connectivity index (χ3v) is 4.60. The van der Waals surface area contributed by atoms with Gasteiger partial charge >= 0.3 is 0 Å². The van der Waals surface area contributed by atoms with Crippen molar-refractivity contribution in [3.8, 4) is 0 Å². The first-order valence-corrected chi connectivity index (χ1v) is 8.52. The van der Waals surface area contributed by atoms with Crippen molar-refractivity contribution in [3.63, 3.8) is 0 Å². The lowest BCUT2D eigenvalue weighted by Crippen LogP contribution is -2.35. The fourth-order valence-corrected chi connectivity index (χ4v) is 3.26. The molecule has 0 spiro atoms. The Balaban J connectivity index is 1.63. The lowest BCUT2D eigenvalue weighted by atomic mass is 10.2. The second kappa shape index (κ2) is 7.77. The molecular formula is C19H20ClFN2O. The van der Waals surface area contributed by atoms with Gasteiger partial charge in [-0.25, -0.2) is 4.39 Å². The lowest BCUT2D eigenvalue weighted by Gasteiger charge is -2.22. The van der Waals surface area contributed by atoms with Crippen molar-refractivity contribution in [1.29, 1.82) is 0 Å². The van der Waals surface area contributed by atoms with E-state index in [1.165, 1.54) is 23.8 Å². The molecule has 1 heterocycles. The highest BCUT2D eigenvalue weighted by molar-refractivity contribution is 6.33. The van der Waals surface area contributed by atoms with Crippen LogP contribution >= 0.6 is 11.6 Å². The van der Waals surface area contributed by atoms with Crippen molar-refractivity contribution in [2.24, 2.45) is 0 Å². The van der Waals surface area contributed by atoms with E-state index in [9.17, 15) is 9.18 Å². The molecule has 1 aliphatic rings. The Morgan fingerprint density at radius 1 is 1.04 bits per heavy atom. The van der Waals surface area contributed by atoms with Crippen molar-refractivity contribution in [2.45, 2.75) is 13.0 Å². The number of halogens is 2. The molecule has 126 valence electrons. The van der Waals surface area contributed by atoms with Gasteiger partial charge in [0.15, 0.2) is 0 Å². The minimum absolute atomic E-state index is 0.124. The molecule has 0 aromatic heterocycles. The molecule has 2 aromatic carbocycles. The molecule has 0 unspecified atom stereocenters. The van der Waals surface area contributed by atoms with Crippen LogP contribution in [0.3, 0.4) is 0 Å². The largest absolute Gasteiger partial charge is 0.337 e. The minimum atomic E-state index is -0.429. The van der Waals surface area contributed by atoms with Gasteiger partial charge in [-0.3, -0.25) is 9.69 Å². The van der Waals surface area contributed by atoms with Crippen molar-refractivity contribution in [3.05, 3.63) is 70.5 Å². The number of rotatable bonds is 3. The molecule has 0 N–H and O–H groups in total. The summed E-state index contributed by atoms with van der Waals surface area (Å²) in [5.74, 6) is -0.553. The molecule has 0 radical (unpaired) electrons. The Kier molecular flexibility index (Phi) is 5.48. The van der Waals surface area contributed by atoms with E-state index in [0.717, 1.165) is 26.1 Å². The molecule has 0 atom stereocenters. The van der Waals surface area contributed by atoms with Crippen molar-refractivity contribution in [2.75, 3.05) is 26.2 Å². The van der Waals surface area contributed by atoms with Crippen LogP contribution in [-0.2, 0) is 6.54 Å². The SMILES string of the molecule is O=C(c1ccc(F)cc1Cl)N1CCCN(Cc2ccccc2)CC1. The summed E-state index contributed by atoms with van der Waals surface area (Å²) in [5, 5.41) is 0.172. The van der Waals surface area contributed by atoms with Crippen LogP contribution in [0.15, 0.2) is 48.5 Å². The van der Waals surface area contributed by atoms with E-state index >= 15 is 0 Å². The average Bonchev–Trinajstić information content (AvgIpc) is 2.81. The van der Waals surface area contributed by atoms with Crippen molar-refractivity contribution in [1.82, 2.24) is 9.80 Å². The van der Waals surface area contributed by atoms with Gasteiger partial charge in [0.25, 0.3) is 5.91 Å². The fourth-order valence-electron chi connectivity index (χ4n) is 3.01.